The van der Waals surface area contributed by atoms with Gasteiger partial charge in [-0.05, 0) is 12.8 Å². The van der Waals surface area contributed by atoms with Crippen LogP contribution in [-0.4, -0.2) is 24.0 Å². The summed E-state index contributed by atoms with van der Waals surface area (Å²) in [6, 6.07) is -3.61. The van der Waals surface area contributed by atoms with Gasteiger partial charge in [-0.1, -0.05) is 0 Å². The fourth-order valence-electron chi connectivity index (χ4n) is 1.75. The molecule has 0 saturated heterocycles. The molecule has 0 aromatic heterocycles. The van der Waals surface area contributed by atoms with Crippen LogP contribution in [0.4, 0.5) is 22.0 Å². The minimum atomic E-state index is -4.56. The van der Waals surface area contributed by atoms with E-state index in [4.69, 9.17) is 11.5 Å². The van der Waals surface area contributed by atoms with E-state index in [2.05, 4.69) is 5.73 Å². The van der Waals surface area contributed by atoms with Crippen LogP contribution in [0.15, 0.2) is 0 Å². The molecule has 0 fully saturated rings. The van der Waals surface area contributed by atoms with Gasteiger partial charge in [-0.15, -0.1) is 0 Å². The fraction of sp³-hybridized carbons (Fsp3) is 0.800. The third-order valence-electron chi connectivity index (χ3n) is 2.74. The lowest BCUT2D eigenvalue weighted by Gasteiger charge is -2.23. The fourth-order valence-corrected chi connectivity index (χ4v) is 1.75. The summed E-state index contributed by atoms with van der Waals surface area (Å²) >= 11 is 0. The van der Waals surface area contributed by atoms with E-state index in [1.54, 1.807) is 0 Å². The largest absolute Gasteiger partial charge is 0.389 e. The number of hydrogen-bond donors (Lipinski definition) is 3. The summed E-state index contributed by atoms with van der Waals surface area (Å²) < 4.78 is 61.4. The van der Waals surface area contributed by atoms with Crippen molar-refractivity contribution < 1.29 is 31.5 Å². The third kappa shape index (κ3) is 7.87. The first-order chi connectivity index (χ1) is 8.83. The summed E-state index contributed by atoms with van der Waals surface area (Å²) in [4.78, 5) is 22.2. The zero-order valence-corrected chi connectivity index (χ0v) is 10.4. The third-order valence-corrected chi connectivity index (χ3v) is 2.74. The molecule has 20 heavy (non-hydrogen) atoms. The number of amides is 2. The van der Waals surface area contributed by atoms with Gasteiger partial charge < -0.3 is 11.5 Å². The summed E-state index contributed by atoms with van der Waals surface area (Å²) in [6.07, 6.45) is -8.33. The predicted octanol–water partition coefficient (Wildman–Crippen LogP) is 0.864. The second-order valence-corrected chi connectivity index (χ2v) is 4.47. The van der Waals surface area contributed by atoms with E-state index in [9.17, 15) is 31.5 Å². The molecule has 2 unspecified atom stereocenters. The Bertz CT molecular complexity index is 320. The first kappa shape index (κ1) is 18.6. The van der Waals surface area contributed by atoms with Gasteiger partial charge in [0.05, 0.1) is 0 Å². The van der Waals surface area contributed by atoms with Crippen molar-refractivity contribution in [3.63, 3.8) is 0 Å². The van der Waals surface area contributed by atoms with Crippen LogP contribution in [0, 0.1) is 11.8 Å². The van der Waals surface area contributed by atoms with E-state index in [-0.39, 0.29) is 0 Å². The summed E-state index contributed by atoms with van der Waals surface area (Å²) in [5.74, 6) is -5.43. The van der Waals surface area contributed by atoms with Crippen molar-refractivity contribution in [1.29, 1.82) is 0 Å². The van der Waals surface area contributed by atoms with E-state index in [0.29, 0.717) is 0 Å². The Morgan fingerprint density at radius 2 is 1.20 bits per heavy atom. The first-order valence-corrected chi connectivity index (χ1v) is 5.65. The molecule has 0 aromatic carbocycles. The van der Waals surface area contributed by atoms with E-state index in [1.807, 2.05) is 0 Å². The Labute approximate surface area is 111 Å². The molecule has 0 bridgehead atoms. The van der Waals surface area contributed by atoms with E-state index in [0.717, 1.165) is 0 Å². The molecule has 118 valence electrons. The highest BCUT2D eigenvalue weighted by molar-refractivity contribution is 5.85. The molecule has 0 rings (SSSR count). The Morgan fingerprint density at radius 1 is 0.850 bits per heavy atom. The van der Waals surface area contributed by atoms with E-state index >= 15 is 0 Å². The number of hydrogen-bond acceptors (Lipinski definition) is 3. The monoisotopic (exact) mass is 305 g/mol. The average molecular weight is 305 g/mol. The van der Waals surface area contributed by atoms with Crippen molar-refractivity contribution in [2.24, 2.45) is 29.0 Å². The Kier molecular flexibility index (Phi) is 6.32. The van der Waals surface area contributed by atoms with Gasteiger partial charge in [0.1, 0.15) is 0 Å². The Hall–Kier alpha value is -1.45. The normalized spacial score (nSPS) is 15.7. The molecule has 10 heteroatoms. The minimum Gasteiger partial charge on any atom is -0.369 e. The lowest BCUT2D eigenvalue weighted by Crippen LogP contribution is -2.40. The molecule has 6 N–H and O–H groups in total. The second-order valence-electron chi connectivity index (χ2n) is 4.47. The van der Waals surface area contributed by atoms with Crippen molar-refractivity contribution in [2.45, 2.75) is 37.9 Å². The molecule has 0 heterocycles. The van der Waals surface area contributed by atoms with Crippen molar-refractivity contribution in [3.05, 3.63) is 0 Å². The number of carbonyl (C=O) groups excluding carboxylic acids is 2. The smallest absolute Gasteiger partial charge is 0.369 e. The zero-order valence-electron chi connectivity index (χ0n) is 10.4. The van der Waals surface area contributed by atoms with Gasteiger partial charge in [0, 0.05) is 24.7 Å². The summed E-state index contributed by atoms with van der Waals surface area (Å²) in [5, 5.41) is 0. The number of nitrogens with two attached hydrogens (primary N) is 3. The van der Waals surface area contributed by atoms with Crippen LogP contribution in [0.3, 0.4) is 0 Å². The summed E-state index contributed by atoms with van der Waals surface area (Å²) in [6.45, 7) is 0. The van der Waals surface area contributed by atoms with Crippen LogP contribution >= 0.6 is 0 Å². The number of alkyl halides is 5. The first-order valence-electron chi connectivity index (χ1n) is 5.65. The number of primary amides is 2. The molecule has 0 aliphatic carbocycles. The van der Waals surface area contributed by atoms with E-state index in [1.165, 1.54) is 0 Å². The zero-order chi connectivity index (χ0) is 16.1. The second kappa shape index (κ2) is 6.82. The standard InChI is InChI=1S/C10H16F5N3O2/c11-9(12,13)3-1-5(7(16)19)6(8(17)20)2-4-10(14,15)18/h5-6H,1-4,18H2,(H2,16,19)(H2,17,20). The van der Waals surface area contributed by atoms with Crippen molar-refractivity contribution >= 4 is 11.8 Å². The Balaban J connectivity index is 4.88. The predicted molar refractivity (Wildman–Crippen MR) is 59.0 cm³/mol. The van der Waals surface area contributed by atoms with Gasteiger partial charge in [0.15, 0.2) is 0 Å². The molecule has 2 atom stereocenters. The summed E-state index contributed by atoms with van der Waals surface area (Å²) in [7, 11) is 0. The van der Waals surface area contributed by atoms with Crippen molar-refractivity contribution in [2.75, 3.05) is 0 Å². The molecule has 0 saturated carbocycles. The molecule has 0 aliphatic heterocycles. The molecule has 0 radical (unpaired) electrons. The maximum absolute atomic E-state index is 12.5. The van der Waals surface area contributed by atoms with Gasteiger partial charge in [-0.25, -0.2) is 0 Å². The van der Waals surface area contributed by atoms with E-state index < -0.39 is 61.6 Å². The molecular weight excluding hydrogens is 289 g/mol. The van der Waals surface area contributed by atoms with Crippen LogP contribution in [0.25, 0.3) is 0 Å². The topological polar surface area (TPSA) is 112 Å². The van der Waals surface area contributed by atoms with Crippen molar-refractivity contribution in [3.8, 4) is 0 Å². The SMILES string of the molecule is NC(=O)C(CCC(N)(F)F)C(CCC(F)(F)F)C(N)=O. The average Bonchev–Trinajstić information content (AvgIpc) is 2.18. The maximum atomic E-state index is 12.5. The van der Waals surface area contributed by atoms with Crippen molar-refractivity contribution in [1.82, 2.24) is 0 Å². The lowest BCUT2D eigenvalue weighted by molar-refractivity contribution is -0.145. The van der Waals surface area contributed by atoms with Crippen LogP contribution in [0.2, 0.25) is 0 Å². The molecule has 5 nitrogen and oxygen atoms in total. The molecule has 0 aromatic rings. The highest BCUT2D eigenvalue weighted by Crippen LogP contribution is 2.30. The highest BCUT2D eigenvalue weighted by atomic mass is 19.4. The summed E-state index contributed by atoms with van der Waals surface area (Å²) in [5.41, 5.74) is 14.3. The minimum absolute atomic E-state index is 0.621. The van der Waals surface area contributed by atoms with Crippen LogP contribution < -0.4 is 17.2 Å². The molecule has 2 amide bonds. The van der Waals surface area contributed by atoms with Gasteiger partial charge in [-0.2, -0.15) is 22.0 Å². The quantitative estimate of drug-likeness (QED) is 0.456. The molecule has 0 aliphatic rings. The highest BCUT2D eigenvalue weighted by Gasteiger charge is 2.37. The van der Waals surface area contributed by atoms with Gasteiger partial charge in [0.25, 0.3) is 6.05 Å². The van der Waals surface area contributed by atoms with Crippen LogP contribution in [0.5, 0.6) is 0 Å². The lowest BCUT2D eigenvalue weighted by atomic mass is 9.83. The van der Waals surface area contributed by atoms with Crippen LogP contribution in [0.1, 0.15) is 25.7 Å². The number of halogens is 5. The van der Waals surface area contributed by atoms with Crippen LogP contribution in [-0.2, 0) is 9.59 Å². The van der Waals surface area contributed by atoms with Gasteiger partial charge >= 0.3 is 6.18 Å². The number of rotatable bonds is 8. The molecular formula is C10H16F5N3O2. The van der Waals surface area contributed by atoms with Gasteiger partial charge in [0.2, 0.25) is 11.8 Å². The van der Waals surface area contributed by atoms with Gasteiger partial charge in [-0.3, -0.25) is 15.3 Å². The molecule has 0 spiro atoms. The Morgan fingerprint density at radius 3 is 1.45 bits per heavy atom. The number of carbonyl (C=O) groups is 2. The maximum Gasteiger partial charge on any atom is 0.389 e.